The Balaban J connectivity index is 0.000000396. The quantitative estimate of drug-likeness (QED) is 0.587. The molecule has 0 spiro atoms. The molecular weight excluding hydrogens is 160 g/mol. The van der Waals surface area contributed by atoms with Gasteiger partial charge in [-0.25, -0.2) is 0 Å². The van der Waals surface area contributed by atoms with Gasteiger partial charge in [0.25, 0.3) is 0 Å². The van der Waals surface area contributed by atoms with Crippen molar-refractivity contribution in [2.75, 3.05) is 0 Å². The SMILES string of the molecule is C=C1OCc2c(C)cccc21.CC. The topological polar surface area (TPSA) is 9.23 Å². The lowest BCUT2D eigenvalue weighted by Gasteiger charge is -1.97. The predicted octanol–water partition coefficient (Wildman–Crippen LogP) is 3.52. The highest BCUT2D eigenvalue weighted by molar-refractivity contribution is 5.65. The van der Waals surface area contributed by atoms with Gasteiger partial charge in [-0.2, -0.15) is 0 Å². The van der Waals surface area contributed by atoms with Crippen LogP contribution in [0.5, 0.6) is 0 Å². The van der Waals surface area contributed by atoms with Crippen molar-refractivity contribution >= 4 is 5.76 Å². The van der Waals surface area contributed by atoms with Crippen LogP contribution in [-0.4, -0.2) is 0 Å². The minimum absolute atomic E-state index is 0.695. The fraction of sp³-hybridized carbons (Fsp3) is 0.333. The molecule has 0 amide bonds. The van der Waals surface area contributed by atoms with E-state index < -0.39 is 0 Å². The van der Waals surface area contributed by atoms with E-state index in [2.05, 4.69) is 25.6 Å². The van der Waals surface area contributed by atoms with Crippen LogP contribution in [0.3, 0.4) is 0 Å². The molecule has 0 unspecified atom stereocenters. The summed E-state index contributed by atoms with van der Waals surface area (Å²) < 4.78 is 5.31. The maximum Gasteiger partial charge on any atom is 0.120 e. The maximum absolute atomic E-state index is 5.31. The van der Waals surface area contributed by atoms with Crippen LogP contribution in [0.4, 0.5) is 0 Å². The van der Waals surface area contributed by atoms with Crippen LogP contribution in [-0.2, 0) is 11.3 Å². The third-order valence-corrected chi connectivity index (χ3v) is 2.10. The molecule has 0 bridgehead atoms. The zero-order chi connectivity index (χ0) is 9.84. The van der Waals surface area contributed by atoms with Crippen LogP contribution in [0.2, 0.25) is 0 Å². The summed E-state index contributed by atoms with van der Waals surface area (Å²) in [6, 6.07) is 6.19. The maximum atomic E-state index is 5.31. The summed E-state index contributed by atoms with van der Waals surface area (Å²) >= 11 is 0. The Labute approximate surface area is 80.0 Å². The standard InChI is InChI=1S/C10H10O.C2H6/c1-7-4-3-5-9-8(2)11-6-10(7)9;1-2/h3-5H,2,6H2,1H3;1-2H3. The molecule has 1 heterocycles. The van der Waals surface area contributed by atoms with E-state index in [9.17, 15) is 0 Å². The lowest BCUT2D eigenvalue weighted by Crippen LogP contribution is -1.84. The van der Waals surface area contributed by atoms with Gasteiger partial charge in [0, 0.05) is 11.1 Å². The summed E-state index contributed by atoms with van der Waals surface area (Å²) in [5.41, 5.74) is 3.75. The molecule has 1 heteroatoms. The molecule has 1 aromatic carbocycles. The molecule has 0 fully saturated rings. The third-order valence-electron chi connectivity index (χ3n) is 2.10. The molecule has 70 valence electrons. The van der Waals surface area contributed by atoms with Gasteiger partial charge in [0.2, 0.25) is 0 Å². The van der Waals surface area contributed by atoms with Crippen LogP contribution in [0.15, 0.2) is 24.8 Å². The van der Waals surface area contributed by atoms with Crippen LogP contribution in [0.1, 0.15) is 30.5 Å². The zero-order valence-electron chi connectivity index (χ0n) is 8.55. The third kappa shape index (κ3) is 1.74. The molecule has 0 saturated carbocycles. The van der Waals surface area contributed by atoms with Crippen LogP contribution in [0, 0.1) is 6.92 Å². The highest BCUT2D eigenvalue weighted by Gasteiger charge is 2.16. The van der Waals surface area contributed by atoms with Crippen LogP contribution < -0.4 is 0 Å². The molecule has 1 aliphatic rings. The van der Waals surface area contributed by atoms with Crippen molar-refractivity contribution in [3.8, 4) is 0 Å². The molecule has 0 aromatic heterocycles. The first-order chi connectivity index (χ1) is 6.29. The van der Waals surface area contributed by atoms with E-state index in [0.717, 1.165) is 5.76 Å². The molecule has 0 aliphatic carbocycles. The van der Waals surface area contributed by atoms with E-state index in [-0.39, 0.29) is 0 Å². The van der Waals surface area contributed by atoms with Crippen LogP contribution in [0.25, 0.3) is 5.76 Å². The minimum Gasteiger partial charge on any atom is -0.489 e. The van der Waals surface area contributed by atoms with Crippen molar-refractivity contribution in [3.63, 3.8) is 0 Å². The number of aryl methyl sites for hydroxylation is 1. The first kappa shape index (κ1) is 9.85. The first-order valence-corrected chi connectivity index (χ1v) is 4.69. The Hall–Kier alpha value is -1.24. The summed E-state index contributed by atoms with van der Waals surface area (Å²) in [4.78, 5) is 0. The van der Waals surface area contributed by atoms with E-state index in [1.807, 2.05) is 19.9 Å². The van der Waals surface area contributed by atoms with Crippen LogP contribution >= 0.6 is 0 Å². The molecule has 2 rings (SSSR count). The molecule has 13 heavy (non-hydrogen) atoms. The van der Waals surface area contributed by atoms with E-state index in [1.165, 1.54) is 16.7 Å². The molecular formula is C12H16O. The fourth-order valence-corrected chi connectivity index (χ4v) is 1.39. The average molecular weight is 176 g/mol. The Morgan fingerprint density at radius 2 is 2.00 bits per heavy atom. The van der Waals surface area contributed by atoms with Crippen molar-refractivity contribution in [2.24, 2.45) is 0 Å². The number of fused-ring (bicyclic) bond motifs is 1. The van der Waals surface area contributed by atoms with Gasteiger partial charge in [-0.05, 0) is 12.5 Å². The number of rotatable bonds is 0. The van der Waals surface area contributed by atoms with Gasteiger partial charge in [-0.3, -0.25) is 0 Å². The van der Waals surface area contributed by atoms with Gasteiger partial charge in [-0.15, -0.1) is 0 Å². The number of ether oxygens (including phenoxy) is 1. The largest absolute Gasteiger partial charge is 0.489 e. The van der Waals surface area contributed by atoms with Gasteiger partial charge in [-0.1, -0.05) is 38.6 Å². The average Bonchev–Trinajstić information content (AvgIpc) is 2.53. The van der Waals surface area contributed by atoms with E-state index in [1.54, 1.807) is 0 Å². The second-order valence-corrected chi connectivity index (χ2v) is 2.81. The molecule has 0 radical (unpaired) electrons. The fourth-order valence-electron chi connectivity index (χ4n) is 1.39. The summed E-state index contributed by atoms with van der Waals surface area (Å²) in [6.45, 7) is 10.6. The van der Waals surface area contributed by atoms with Crippen molar-refractivity contribution in [1.29, 1.82) is 0 Å². The molecule has 1 aliphatic heterocycles. The lowest BCUT2D eigenvalue weighted by atomic mass is 10.0. The monoisotopic (exact) mass is 176 g/mol. The van der Waals surface area contributed by atoms with Gasteiger partial charge in [0.15, 0.2) is 0 Å². The van der Waals surface area contributed by atoms with Gasteiger partial charge < -0.3 is 4.74 Å². The summed E-state index contributed by atoms with van der Waals surface area (Å²) in [7, 11) is 0. The highest BCUT2D eigenvalue weighted by atomic mass is 16.5. The van der Waals surface area contributed by atoms with E-state index >= 15 is 0 Å². The van der Waals surface area contributed by atoms with Gasteiger partial charge >= 0.3 is 0 Å². The molecule has 0 saturated heterocycles. The smallest absolute Gasteiger partial charge is 0.120 e. The minimum atomic E-state index is 0.695. The summed E-state index contributed by atoms with van der Waals surface area (Å²) in [5, 5.41) is 0. The van der Waals surface area contributed by atoms with Crippen molar-refractivity contribution < 1.29 is 4.74 Å². The highest BCUT2D eigenvalue weighted by Crippen LogP contribution is 2.29. The number of hydrogen-bond acceptors (Lipinski definition) is 1. The molecule has 1 aromatic rings. The van der Waals surface area contributed by atoms with E-state index in [4.69, 9.17) is 4.74 Å². The van der Waals surface area contributed by atoms with Crippen molar-refractivity contribution in [3.05, 3.63) is 41.5 Å². The van der Waals surface area contributed by atoms with Gasteiger partial charge in [0.05, 0.1) is 0 Å². The van der Waals surface area contributed by atoms with E-state index in [0.29, 0.717) is 6.61 Å². The Morgan fingerprint density at radius 1 is 1.31 bits per heavy atom. The normalized spacial score (nSPS) is 12.7. The van der Waals surface area contributed by atoms with Gasteiger partial charge in [0.1, 0.15) is 12.4 Å². The van der Waals surface area contributed by atoms with Crippen molar-refractivity contribution in [2.45, 2.75) is 27.4 Å². The summed E-state index contributed by atoms with van der Waals surface area (Å²) in [6.07, 6.45) is 0. The number of benzene rings is 1. The number of hydrogen-bond donors (Lipinski definition) is 0. The zero-order valence-corrected chi connectivity index (χ0v) is 8.55. The lowest BCUT2D eigenvalue weighted by molar-refractivity contribution is 0.286. The molecule has 0 atom stereocenters. The Bertz CT molecular complexity index is 313. The second kappa shape index (κ2) is 4.13. The summed E-state index contributed by atoms with van der Waals surface area (Å²) in [5.74, 6) is 0.809. The first-order valence-electron chi connectivity index (χ1n) is 4.69. The molecule has 1 nitrogen and oxygen atoms in total. The Morgan fingerprint density at radius 3 is 2.62 bits per heavy atom. The van der Waals surface area contributed by atoms with Crippen molar-refractivity contribution in [1.82, 2.24) is 0 Å². The Kier molecular flexibility index (Phi) is 3.13. The second-order valence-electron chi connectivity index (χ2n) is 2.81. The predicted molar refractivity (Wildman–Crippen MR) is 56.4 cm³/mol. The molecule has 0 N–H and O–H groups in total.